The van der Waals surface area contributed by atoms with Gasteiger partial charge in [-0.15, -0.1) is 0 Å². The summed E-state index contributed by atoms with van der Waals surface area (Å²) in [6.45, 7) is 0.356. The van der Waals surface area contributed by atoms with Crippen LogP contribution in [0.5, 0.6) is 0 Å². The summed E-state index contributed by atoms with van der Waals surface area (Å²) < 4.78 is 15.3. The van der Waals surface area contributed by atoms with Gasteiger partial charge >= 0.3 is 0 Å². The molecule has 0 radical (unpaired) electrons. The first-order chi connectivity index (χ1) is 9.21. The molecule has 102 valence electrons. The van der Waals surface area contributed by atoms with Crippen molar-refractivity contribution in [2.75, 3.05) is 7.11 Å². The zero-order valence-corrected chi connectivity index (χ0v) is 10.8. The molecule has 1 saturated carbocycles. The van der Waals surface area contributed by atoms with Gasteiger partial charge in [0, 0.05) is 13.2 Å². The molecular formula is C12H16N4O3. The van der Waals surface area contributed by atoms with E-state index in [1.165, 1.54) is 0 Å². The number of hydrogen-bond acceptors (Lipinski definition) is 7. The normalized spacial score (nSPS) is 18.0. The van der Waals surface area contributed by atoms with Crippen LogP contribution in [-0.2, 0) is 16.9 Å². The number of aromatic nitrogens is 3. The van der Waals surface area contributed by atoms with Crippen molar-refractivity contribution in [3.63, 3.8) is 0 Å². The van der Waals surface area contributed by atoms with Gasteiger partial charge in [-0.1, -0.05) is 23.2 Å². The molecule has 3 rings (SSSR count). The van der Waals surface area contributed by atoms with Crippen molar-refractivity contribution in [1.29, 1.82) is 0 Å². The summed E-state index contributed by atoms with van der Waals surface area (Å²) in [5, 5.41) is 7.85. The second-order valence-corrected chi connectivity index (χ2v) is 4.90. The van der Waals surface area contributed by atoms with Crippen LogP contribution >= 0.6 is 0 Å². The maximum Gasteiger partial charge on any atom is 0.280 e. The van der Waals surface area contributed by atoms with Crippen molar-refractivity contribution in [3.8, 4) is 11.6 Å². The van der Waals surface area contributed by atoms with Gasteiger partial charge in [0.25, 0.3) is 5.89 Å². The Morgan fingerprint density at radius 3 is 2.84 bits per heavy atom. The predicted molar refractivity (Wildman–Crippen MR) is 64.8 cm³/mol. The van der Waals surface area contributed by atoms with Gasteiger partial charge in [0.15, 0.2) is 17.3 Å². The Morgan fingerprint density at radius 2 is 2.11 bits per heavy atom. The first-order valence-electron chi connectivity index (χ1n) is 6.29. The molecule has 19 heavy (non-hydrogen) atoms. The first-order valence-corrected chi connectivity index (χ1v) is 6.29. The molecule has 2 aromatic rings. The van der Waals surface area contributed by atoms with Gasteiger partial charge in [0.05, 0.1) is 5.54 Å². The van der Waals surface area contributed by atoms with Crippen LogP contribution in [0.25, 0.3) is 11.6 Å². The summed E-state index contributed by atoms with van der Waals surface area (Å²) >= 11 is 0. The van der Waals surface area contributed by atoms with Crippen LogP contribution in [0.1, 0.15) is 37.3 Å². The van der Waals surface area contributed by atoms with E-state index in [0.29, 0.717) is 29.8 Å². The highest BCUT2D eigenvalue weighted by Gasteiger charge is 2.36. The maximum atomic E-state index is 6.28. The molecular weight excluding hydrogens is 248 g/mol. The summed E-state index contributed by atoms with van der Waals surface area (Å²) in [7, 11) is 1.59. The van der Waals surface area contributed by atoms with E-state index in [0.717, 1.165) is 25.7 Å². The van der Waals surface area contributed by atoms with Gasteiger partial charge in [0.1, 0.15) is 6.61 Å². The number of nitrogens with two attached hydrogens (primary N) is 1. The molecule has 0 amide bonds. The lowest BCUT2D eigenvalue weighted by atomic mass is 9.99. The molecule has 0 bridgehead atoms. The molecule has 7 nitrogen and oxygen atoms in total. The summed E-state index contributed by atoms with van der Waals surface area (Å²) in [5.41, 5.74) is 6.33. The molecule has 1 aliphatic carbocycles. The second kappa shape index (κ2) is 4.75. The van der Waals surface area contributed by atoms with E-state index in [1.807, 2.05) is 0 Å². The average Bonchev–Trinajstić information content (AvgIpc) is 3.07. The Kier molecular flexibility index (Phi) is 3.08. The van der Waals surface area contributed by atoms with E-state index in [-0.39, 0.29) is 0 Å². The second-order valence-electron chi connectivity index (χ2n) is 4.90. The molecule has 2 N–H and O–H groups in total. The van der Waals surface area contributed by atoms with Crippen molar-refractivity contribution < 1.29 is 13.8 Å². The zero-order valence-electron chi connectivity index (χ0n) is 10.8. The van der Waals surface area contributed by atoms with Gasteiger partial charge in [0.2, 0.25) is 0 Å². The fraction of sp³-hybridized carbons (Fsp3) is 0.583. The Labute approximate surface area is 110 Å². The SMILES string of the molecule is COCc1cc(-c2nc(C3(N)CCCC3)no2)no1. The van der Waals surface area contributed by atoms with Gasteiger partial charge in [-0.05, 0) is 12.8 Å². The first kappa shape index (κ1) is 12.3. The van der Waals surface area contributed by atoms with E-state index < -0.39 is 5.54 Å². The Morgan fingerprint density at radius 1 is 1.32 bits per heavy atom. The molecule has 2 aromatic heterocycles. The fourth-order valence-electron chi connectivity index (χ4n) is 2.38. The smallest absolute Gasteiger partial charge is 0.280 e. The summed E-state index contributed by atoms with van der Waals surface area (Å²) in [5.74, 6) is 1.50. The third-order valence-corrected chi connectivity index (χ3v) is 3.43. The maximum absolute atomic E-state index is 6.28. The Bertz CT molecular complexity index is 557. The molecule has 0 spiro atoms. The number of hydrogen-bond donors (Lipinski definition) is 1. The predicted octanol–water partition coefficient (Wildman–Crippen LogP) is 1.60. The molecule has 2 heterocycles. The van der Waals surface area contributed by atoms with Crippen LogP contribution in [-0.4, -0.2) is 22.4 Å². The van der Waals surface area contributed by atoms with Crippen LogP contribution in [0.15, 0.2) is 15.1 Å². The largest absolute Gasteiger partial charge is 0.377 e. The average molecular weight is 264 g/mol. The van der Waals surface area contributed by atoms with Crippen molar-refractivity contribution in [2.45, 2.75) is 37.8 Å². The quantitative estimate of drug-likeness (QED) is 0.894. The van der Waals surface area contributed by atoms with Crippen LogP contribution in [0.4, 0.5) is 0 Å². The third-order valence-electron chi connectivity index (χ3n) is 3.43. The molecule has 0 saturated heterocycles. The highest BCUT2D eigenvalue weighted by Crippen LogP contribution is 2.35. The fourth-order valence-corrected chi connectivity index (χ4v) is 2.38. The van der Waals surface area contributed by atoms with Crippen LogP contribution < -0.4 is 5.73 Å². The third kappa shape index (κ3) is 2.26. The lowest BCUT2D eigenvalue weighted by Gasteiger charge is -2.17. The minimum absolute atomic E-state index is 0.331. The van der Waals surface area contributed by atoms with Crippen LogP contribution in [0.2, 0.25) is 0 Å². The van der Waals surface area contributed by atoms with Crippen molar-refractivity contribution in [1.82, 2.24) is 15.3 Å². The lowest BCUT2D eigenvalue weighted by molar-refractivity contribution is 0.156. The molecule has 0 aromatic carbocycles. The molecule has 0 atom stereocenters. The van der Waals surface area contributed by atoms with Crippen LogP contribution in [0.3, 0.4) is 0 Å². The standard InChI is InChI=1S/C12H16N4O3/c1-17-7-8-6-9(15-18-8)10-14-11(16-19-10)12(13)4-2-3-5-12/h6H,2-5,7,13H2,1H3. The van der Waals surface area contributed by atoms with Gasteiger partial charge in [-0.25, -0.2) is 0 Å². The molecule has 0 aliphatic heterocycles. The molecule has 0 unspecified atom stereocenters. The van der Waals surface area contributed by atoms with E-state index in [2.05, 4.69) is 15.3 Å². The van der Waals surface area contributed by atoms with Crippen molar-refractivity contribution >= 4 is 0 Å². The lowest BCUT2D eigenvalue weighted by Crippen LogP contribution is -2.34. The van der Waals surface area contributed by atoms with E-state index in [1.54, 1.807) is 13.2 Å². The minimum Gasteiger partial charge on any atom is -0.377 e. The molecule has 1 fully saturated rings. The highest BCUT2D eigenvalue weighted by atomic mass is 16.5. The minimum atomic E-state index is -0.457. The summed E-state index contributed by atoms with van der Waals surface area (Å²) in [4.78, 5) is 4.34. The monoisotopic (exact) mass is 264 g/mol. The van der Waals surface area contributed by atoms with Gasteiger partial charge in [-0.3, -0.25) is 0 Å². The van der Waals surface area contributed by atoms with Gasteiger partial charge < -0.3 is 19.5 Å². The number of ether oxygens (including phenoxy) is 1. The summed E-state index contributed by atoms with van der Waals surface area (Å²) in [6.07, 6.45) is 3.98. The van der Waals surface area contributed by atoms with E-state index in [4.69, 9.17) is 19.5 Å². The highest BCUT2D eigenvalue weighted by molar-refractivity contribution is 5.45. The van der Waals surface area contributed by atoms with Crippen molar-refractivity contribution in [2.24, 2.45) is 5.73 Å². The molecule has 7 heteroatoms. The van der Waals surface area contributed by atoms with Crippen molar-refractivity contribution in [3.05, 3.63) is 17.7 Å². The topological polar surface area (TPSA) is 100 Å². The van der Waals surface area contributed by atoms with Gasteiger partial charge in [-0.2, -0.15) is 4.98 Å². The van der Waals surface area contributed by atoms with E-state index in [9.17, 15) is 0 Å². The number of rotatable bonds is 4. The number of methoxy groups -OCH3 is 1. The van der Waals surface area contributed by atoms with Crippen LogP contribution in [0, 0.1) is 0 Å². The Hall–Kier alpha value is -1.73. The molecule has 1 aliphatic rings. The number of nitrogens with zero attached hydrogens (tertiary/aromatic N) is 3. The van der Waals surface area contributed by atoms with E-state index >= 15 is 0 Å². The Balaban J connectivity index is 1.84. The zero-order chi connectivity index (χ0) is 13.3. The summed E-state index contributed by atoms with van der Waals surface area (Å²) in [6, 6.07) is 1.72.